The largest absolute Gasteiger partial charge is 0.481 e. The van der Waals surface area contributed by atoms with Crippen molar-refractivity contribution in [3.8, 4) is 0 Å². The van der Waals surface area contributed by atoms with E-state index in [9.17, 15) is 9.59 Å². The highest BCUT2D eigenvalue weighted by Crippen LogP contribution is 2.21. The van der Waals surface area contributed by atoms with Crippen LogP contribution in [0.25, 0.3) is 0 Å². The van der Waals surface area contributed by atoms with Gasteiger partial charge in [-0.3, -0.25) is 4.79 Å². The number of carbonyl (C=O) groups excluding carboxylic acids is 1. The molecule has 16 heavy (non-hydrogen) atoms. The summed E-state index contributed by atoms with van der Waals surface area (Å²) in [6.45, 7) is 2.86. The Morgan fingerprint density at radius 1 is 1.19 bits per heavy atom. The molecule has 0 aromatic heterocycles. The van der Waals surface area contributed by atoms with Gasteiger partial charge in [0, 0.05) is 43.6 Å². The standard InChI is InChI=1S/C10H16N2O3S/c13-9(14)5-8-6-12(7-8)10(15)11-1-3-16-4-2-11/h8H,1-7H2,(H,13,14). The minimum Gasteiger partial charge on any atom is -0.481 e. The molecule has 0 aliphatic carbocycles. The Kier molecular flexibility index (Phi) is 3.58. The number of hydrogen-bond acceptors (Lipinski definition) is 3. The molecule has 0 unspecified atom stereocenters. The van der Waals surface area contributed by atoms with Crippen molar-refractivity contribution in [2.24, 2.45) is 5.92 Å². The Bertz CT molecular complexity index is 286. The van der Waals surface area contributed by atoms with Crippen LogP contribution in [-0.4, -0.2) is 64.6 Å². The Hall–Kier alpha value is -0.910. The molecule has 0 spiro atoms. The first kappa shape index (κ1) is 11.6. The van der Waals surface area contributed by atoms with E-state index in [4.69, 9.17) is 5.11 Å². The van der Waals surface area contributed by atoms with Crippen LogP contribution in [0.4, 0.5) is 4.79 Å². The summed E-state index contributed by atoms with van der Waals surface area (Å²) in [5.41, 5.74) is 0. The number of carbonyl (C=O) groups is 2. The van der Waals surface area contributed by atoms with Gasteiger partial charge in [0.05, 0.1) is 6.42 Å². The predicted octanol–water partition coefficient (Wildman–Crippen LogP) is 0.562. The summed E-state index contributed by atoms with van der Waals surface area (Å²) in [4.78, 5) is 26.0. The van der Waals surface area contributed by atoms with Crippen molar-refractivity contribution in [1.29, 1.82) is 0 Å². The number of aliphatic carboxylic acids is 1. The van der Waals surface area contributed by atoms with E-state index in [1.807, 2.05) is 16.7 Å². The zero-order valence-corrected chi connectivity index (χ0v) is 9.91. The van der Waals surface area contributed by atoms with Crippen LogP contribution in [0.2, 0.25) is 0 Å². The normalized spacial score (nSPS) is 21.8. The second kappa shape index (κ2) is 4.95. The number of carboxylic acids is 1. The summed E-state index contributed by atoms with van der Waals surface area (Å²) < 4.78 is 0. The molecular weight excluding hydrogens is 228 g/mol. The molecule has 2 aliphatic heterocycles. The van der Waals surface area contributed by atoms with E-state index in [2.05, 4.69) is 0 Å². The zero-order valence-electron chi connectivity index (χ0n) is 9.09. The molecule has 2 heterocycles. The first-order valence-electron chi connectivity index (χ1n) is 5.50. The third-order valence-corrected chi connectivity index (χ3v) is 3.92. The summed E-state index contributed by atoms with van der Waals surface area (Å²) in [7, 11) is 0. The molecule has 5 nitrogen and oxygen atoms in total. The second-order valence-corrected chi connectivity index (χ2v) is 5.48. The number of hydrogen-bond donors (Lipinski definition) is 1. The first-order valence-corrected chi connectivity index (χ1v) is 6.65. The van der Waals surface area contributed by atoms with Crippen LogP contribution in [-0.2, 0) is 4.79 Å². The van der Waals surface area contributed by atoms with E-state index in [-0.39, 0.29) is 18.4 Å². The predicted molar refractivity (Wildman–Crippen MR) is 61.6 cm³/mol. The van der Waals surface area contributed by atoms with Crippen molar-refractivity contribution in [2.75, 3.05) is 37.7 Å². The maximum Gasteiger partial charge on any atom is 0.320 e. The van der Waals surface area contributed by atoms with Gasteiger partial charge < -0.3 is 14.9 Å². The van der Waals surface area contributed by atoms with E-state index in [0.29, 0.717) is 13.1 Å². The molecule has 0 aromatic carbocycles. The average Bonchev–Trinajstić information content (AvgIpc) is 2.23. The van der Waals surface area contributed by atoms with Gasteiger partial charge in [-0.1, -0.05) is 0 Å². The summed E-state index contributed by atoms with van der Waals surface area (Å²) in [5.74, 6) is 1.41. The maximum absolute atomic E-state index is 11.9. The topological polar surface area (TPSA) is 60.9 Å². The van der Waals surface area contributed by atoms with Crippen LogP contribution in [0.1, 0.15) is 6.42 Å². The lowest BCUT2D eigenvalue weighted by molar-refractivity contribution is -0.139. The molecule has 0 radical (unpaired) electrons. The van der Waals surface area contributed by atoms with Crippen molar-refractivity contribution in [3.63, 3.8) is 0 Å². The Labute approximate surface area is 98.8 Å². The van der Waals surface area contributed by atoms with Crippen LogP contribution in [0, 0.1) is 5.92 Å². The molecule has 0 atom stereocenters. The molecular formula is C10H16N2O3S. The van der Waals surface area contributed by atoms with E-state index >= 15 is 0 Å². The fourth-order valence-corrected chi connectivity index (χ4v) is 2.96. The number of likely N-dealkylation sites (tertiary alicyclic amines) is 1. The molecule has 0 bridgehead atoms. The van der Waals surface area contributed by atoms with E-state index < -0.39 is 5.97 Å². The van der Waals surface area contributed by atoms with Crippen molar-refractivity contribution < 1.29 is 14.7 Å². The number of thioether (sulfide) groups is 1. The van der Waals surface area contributed by atoms with Gasteiger partial charge in [0.1, 0.15) is 0 Å². The SMILES string of the molecule is O=C(O)CC1CN(C(=O)N2CCSCC2)C1. The first-order chi connectivity index (χ1) is 7.66. The number of amides is 2. The van der Waals surface area contributed by atoms with Gasteiger partial charge in [-0.15, -0.1) is 0 Å². The molecule has 1 N–H and O–H groups in total. The van der Waals surface area contributed by atoms with Crippen molar-refractivity contribution in [1.82, 2.24) is 9.80 Å². The fraction of sp³-hybridized carbons (Fsp3) is 0.800. The summed E-state index contributed by atoms with van der Waals surface area (Å²) in [6.07, 6.45) is 0.180. The Morgan fingerprint density at radius 2 is 1.81 bits per heavy atom. The van der Waals surface area contributed by atoms with E-state index in [1.54, 1.807) is 4.90 Å². The molecule has 2 fully saturated rings. The number of nitrogens with zero attached hydrogens (tertiary/aromatic N) is 2. The molecule has 2 saturated heterocycles. The highest BCUT2D eigenvalue weighted by Gasteiger charge is 2.34. The third-order valence-electron chi connectivity index (χ3n) is 2.97. The van der Waals surface area contributed by atoms with Crippen LogP contribution in [0.15, 0.2) is 0 Å². The molecule has 0 saturated carbocycles. The lowest BCUT2D eigenvalue weighted by Crippen LogP contribution is -2.56. The molecule has 90 valence electrons. The van der Waals surface area contributed by atoms with Gasteiger partial charge in [0.2, 0.25) is 0 Å². The van der Waals surface area contributed by atoms with Crippen LogP contribution >= 0.6 is 11.8 Å². The quantitative estimate of drug-likeness (QED) is 0.771. The second-order valence-electron chi connectivity index (χ2n) is 4.25. The van der Waals surface area contributed by atoms with Gasteiger partial charge >= 0.3 is 12.0 Å². The van der Waals surface area contributed by atoms with Gasteiger partial charge in [-0.2, -0.15) is 11.8 Å². The summed E-state index contributed by atoms with van der Waals surface area (Å²) in [5, 5.41) is 8.61. The van der Waals surface area contributed by atoms with Crippen LogP contribution in [0.5, 0.6) is 0 Å². The van der Waals surface area contributed by atoms with Crippen molar-refractivity contribution in [3.05, 3.63) is 0 Å². The summed E-state index contributed by atoms with van der Waals surface area (Å²) in [6, 6.07) is 0.0851. The molecule has 2 aliphatic rings. The number of carboxylic acid groups (broad SMARTS) is 1. The van der Waals surface area contributed by atoms with E-state index in [0.717, 1.165) is 24.6 Å². The minimum atomic E-state index is -0.772. The number of urea groups is 1. The lowest BCUT2D eigenvalue weighted by atomic mass is 9.97. The fourth-order valence-electron chi connectivity index (χ4n) is 2.06. The van der Waals surface area contributed by atoms with Gasteiger partial charge in [0.25, 0.3) is 0 Å². The highest BCUT2D eigenvalue weighted by atomic mass is 32.2. The Morgan fingerprint density at radius 3 is 2.38 bits per heavy atom. The van der Waals surface area contributed by atoms with Gasteiger partial charge in [0.15, 0.2) is 0 Å². The Balaban J connectivity index is 1.74. The molecule has 2 rings (SSSR count). The molecule has 2 amide bonds. The lowest BCUT2D eigenvalue weighted by Gasteiger charge is -2.42. The van der Waals surface area contributed by atoms with Crippen LogP contribution in [0.3, 0.4) is 0 Å². The monoisotopic (exact) mass is 244 g/mol. The van der Waals surface area contributed by atoms with Crippen molar-refractivity contribution in [2.45, 2.75) is 6.42 Å². The number of rotatable bonds is 2. The van der Waals surface area contributed by atoms with Gasteiger partial charge in [-0.25, -0.2) is 4.79 Å². The minimum absolute atomic E-state index is 0.0851. The van der Waals surface area contributed by atoms with Gasteiger partial charge in [-0.05, 0) is 0 Å². The van der Waals surface area contributed by atoms with Crippen molar-refractivity contribution >= 4 is 23.8 Å². The molecule has 0 aromatic rings. The molecule has 6 heteroatoms. The zero-order chi connectivity index (χ0) is 11.5. The van der Waals surface area contributed by atoms with Crippen LogP contribution < -0.4 is 0 Å². The summed E-state index contributed by atoms with van der Waals surface area (Å²) >= 11 is 1.87. The maximum atomic E-state index is 11.9. The third kappa shape index (κ3) is 2.61. The average molecular weight is 244 g/mol. The van der Waals surface area contributed by atoms with E-state index in [1.165, 1.54) is 0 Å². The highest BCUT2D eigenvalue weighted by molar-refractivity contribution is 7.99. The smallest absolute Gasteiger partial charge is 0.320 e.